The highest BCUT2D eigenvalue weighted by atomic mass is 16.5. The van der Waals surface area contributed by atoms with Gasteiger partial charge in [0, 0.05) is 11.8 Å². The average Bonchev–Trinajstić information content (AvgIpc) is 3.04. The second kappa shape index (κ2) is 6.80. The predicted octanol–water partition coefficient (Wildman–Crippen LogP) is 5.73. The molecule has 0 spiro atoms. The monoisotopic (exact) mass is 342 g/mol. The number of hydrogen-bond acceptors (Lipinski definition) is 4. The number of ether oxygens (including phenoxy) is 1. The van der Waals surface area contributed by atoms with Crippen LogP contribution in [0.5, 0.6) is 5.75 Å². The molecule has 4 aromatic rings. The minimum Gasteiger partial charge on any atom is -0.496 e. The normalized spacial score (nSPS) is 11.3. The molecule has 0 unspecified atom stereocenters. The van der Waals surface area contributed by atoms with Gasteiger partial charge in [-0.15, -0.1) is 10.2 Å². The third-order valence-electron chi connectivity index (χ3n) is 4.13. The van der Waals surface area contributed by atoms with Gasteiger partial charge in [-0.05, 0) is 48.9 Å². The van der Waals surface area contributed by atoms with E-state index >= 15 is 0 Å². The molecule has 0 aliphatic heterocycles. The summed E-state index contributed by atoms with van der Waals surface area (Å²) in [6.45, 7) is 2.04. The van der Waals surface area contributed by atoms with Gasteiger partial charge in [0.15, 0.2) is 5.82 Å². The first-order chi connectivity index (χ1) is 12.8. The second-order valence-corrected chi connectivity index (χ2v) is 5.95. The Morgan fingerprint density at radius 3 is 2.50 bits per heavy atom. The maximum absolute atomic E-state index is 5.52. The lowest BCUT2D eigenvalue weighted by molar-refractivity contribution is 0.416. The van der Waals surface area contributed by atoms with Crippen LogP contribution in [-0.2, 0) is 0 Å². The Labute approximate surface area is 151 Å². The number of pyridine rings is 1. The van der Waals surface area contributed by atoms with Crippen molar-refractivity contribution in [2.24, 2.45) is 10.2 Å². The summed E-state index contributed by atoms with van der Waals surface area (Å²) in [5.74, 6) is 1.43. The van der Waals surface area contributed by atoms with Crippen molar-refractivity contribution in [2.75, 3.05) is 7.11 Å². The van der Waals surface area contributed by atoms with E-state index in [1.54, 1.807) is 7.11 Å². The van der Waals surface area contributed by atoms with Gasteiger partial charge >= 0.3 is 0 Å². The molecule has 0 radical (unpaired) electrons. The molecule has 0 saturated carbocycles. The largest absolute Gasteiger partial charge is 0.496 e. The van der Waals surface area contributed by atoms with Crippen LogP contribution in [0.1, 0.15) is 5.56 Å². The van der Waals surface area contributed by atoms with Crippen molar-refractivity contribution in [1.82, 2.24) is 9.38 Å². The molecule has 2 aromatic carbocycles. The Morgan fingerprint density at radius 1 is 0.923 bits per heavy atom. The van der Waals surface area contributed by atoms with Crippen molar-refractivity contribution in [3.63, 3.8) is 0 Å². The van der Waals surface area contributed by atoms with E-state index in [9.17, 15) is 0 Å². The molecule has 0 saturated heterocycles. The maximum Gasteiger partial charge on any atom is 0.187 e. The molecule has 0 bridgehead atoms. The first kappa shape index (κ1) is 16.0. The van der Waals surface area contributed by atoms with E-state index in [0.717, 1.165) is 33.9 Å². The predicted molar refractivity (Wildman–Crippen MR) is 103 cm³/mol. The number of aromatic nitrogens is 2. The molecule has 0 fully saturated rings. The fraction of sp³-hybridized carbons (Fsp3) is 0.0952. The highest BCUT2D eigenvalue weighted by Crippen LogP contribution is 2.37. The fourth-order valence-corrected chi connectivity index (χ4v) is 2.85. The van der Waals surface area contributed by atoms with Crippen LogP contribution in [0.15, 0.2) is 83.2 Å². The van der Waals surface area contributed by atoms with Gasteiger partial charge in [-0.1, -0.05) is 30.3 Å². The molecule has 0 aliphatic carbocycles. The van der Waals surface area contributed by atoms with Crippen LogP contribution in [-0.4, -0.2) is 16.5 Å². The van der Waals surface area contributed by atoms with Crippen LogP contribution in [0.3, 0.4) is 0 Å². The Hall–Kier alpha value is -3.47. The van der Waals surface area contributed by atoms with Crippen molar-refractivity contribution in [3.05, 3.63) is 78.5 Å². The third kappa shape index (κ3) is 2.95. The molecule has 4 rings (SSSR count). The van der Waals surface area contributed by atoms with Gasteiger partial charge in [0.2, 0.25) is 0 Å². The second-order valence-electron chi connectivity index (χ2n) is 5.95. The molecule has 0 aliphatic rings. The molecular formula is C21H18N4O. The van der Waals surface area contributed by atoms with Gasteiger partial charge in [-0.25, -0.2) is 4.98 Å². The standard InChI is InChI=1S/C21H18N4O/c1-15-12-13-25-19(14-15)22-20(17-10-6-7-11-18(17)26-2)21(25)24-23-16-8-4-3-5-9-16/h3-14H,1-2H3. The lowest BCUT2D eigenvalue weighted by Gasteiger charge is -2.06. The summed E-state index contributed by atoms with van der Waals surface area (Å²) in [5, 5.41) is 8.90. The Balaban J connectivity index is 1.93. The Morgan fingerprint density at radius 2 is 1.69 bits per heavy atom. The molecule has 2 heterocycles. The molecule has 5 nitrogen and oxygen atoms in total. The van der Waals surface area contributed by atoms with E-state index in [1.165, 1.54) is 0 Å². The summed E-state index contributed by atoms with van der Waals surface area (Å²) >= 11 is 0. The van der Waals surface area contributed by atoms with Crippen molar-refractivity contribution < 1.29 is 4.74 Å². The Bertz CT molecular complexity index is 1080. The number of fused-ring (bicyclic) bond motifs is 1. The molecule has 0 N–H and O–H groups in total. The average molecular weight is 342 g/mol. The number of methoxy groups -OCH3 is 1. The molecule has 2 aromatic heterocycles. The molecule has 128 valence electrons. The number of hydrogen-bond donors (Lipinski definition) is 0. The zero-order chi connectivity index (χ0) is 17.9. The number of rotatable bonds is 4. The lowest BCUT2D eigenvalue weighted by atomic mass is 10.1. The summed E-state index contributed by atoms with van der Waals surface area (Å²) in [6, 6.07) is 21.5. The van der Waals surface area contributed by atoms with Crippen LogP contribution < -0.4 is 4.74 Å². The summed E-state index contributed by atoms with van der Waals surface area (Å²) in [6.07, 6.45) is 1.97. The van der Waals surface area contributed by atoms with E-state index in [0.29, 0.717) is 5.82 Å². The molecule has 0 atom stereocenters. The number of azo groups is 1. The minimum absolute atomic E-state index is 0.674. The van der Waals surface area contributed by atoms with Gasteiger partial charge in [0.25, 0.3) is 0 Å². The van der Waals surface area contributed by atoms with Crippen molar-refractivity contribution >= 4 is 17.2 Å². The van der Waals surface area contributed by atoms with Crippen molar-refractivity contribution in [2.45, 2.75) is 6.92 Å². The summed E-state index contributed by atoms with van der Waals surface area (Å²) in [5.41, 5.74) is 4.39. The fourth-order valence-electron chi connectivity index (χ4n) is 2.85. The number of aryl methyl sites for hydroxylation is 1. The first-order valence-electron chi connectivity index (χ1n) is 8.35. The Kier molecular flexibility index (Phi) is 4.19. The van der Waals surface area contributed by atoms with Gasteiger partial charge in [0.1, 0.15) is 17.1 Å². The van der Waals surface area contributed by atoms with Crippen molar-refractivity contribution in [1.29, 1.82) is 0 Å². The van der Waals surface area contributed by atoms with Crippen LogP contribution >= 0.6 is 0 Å². The number of benzene rings is 2. The van der Waals surface area contributed by atoms with Gasteiger partial charge < -0.3 is 4.74 Å². The quantitative estimate of drug-likeness (QED) is 0.444. The van der Waals surface area contributed by atoms with E-state index < -0.39 is 0 Å². The maximum atomic E-state index is 5.52. The van der Waals surface area contributed by atoms with Crippen LogP contribution in [0.2, 0.25) is 0 Å². The first-order valence-corrected chi connectivity index (χ1v) is 8.35. The smallest absolute Gasteiger partial charge is 0.187 e. The highest BCUT2D eigenvalue weighted by Gasteiger charge is 2.17. The molecule has 5 heteroatoms. The van der Waals surface area contributed by atoms with Gasteiger partial charge in [-0.3, -0.25) is 4.40 Å². The van der Waals surface area contributed by atoms with Gasteiger partial charge in [-0.2, -0.15) is 0 Å². The van der Waals surface area contributed by atoms with Crippen molar-refractivity contribution in [3.8, 4) is 17.0 Å². The van der Waals surface area contributed by atoms with E-state index in [4.69, 9.17) is 9.72 Å². The SMILES string of the molecule is COc1ccccc1-c1nc2cc(C)ccn2c1N=Nc1ccccc1. The lowest BCUT2D eigenvalue weighted by Crippen LogP contribution is -1.88. The topological polar surface area (TPSA) is 51.2 Å². The molecule has 26 heavy (non-hydrogen) atoms. The number of para-hydroxylation sites is 1. The van der Waals surface area contributed by atoms with Crippen LogP contribution in [0.4, 0.5) is 11.5 Å². The van der Waals surface area contributed by atoms with E-state index in [1.807, 2.05) is 84.3 Å². The third-order valence-corrected chi connectivity index (χ3v) is 4.13. The molecular weight excluding hydrogens is 324 g/mol. The van der Waals surface area contributed by atoms with Crippen LogP contribution in [0, 0.1) is 6.92 Å². The zero-order valence-corrected chi connectivity index (χ0v) is 14.6. The van der Waals surface area contributed by atoms with E-state index in [2.05, 4.69) is 10.2 Å². The van der Waals surface area contributed by atoms with Gasteiger partial charge in [0.05, 0.1) is 12.8 Å². The van der Waals surface area contributed by atoms with E-state index in [-0.39, 0.29) is 0 Å². The number of nitrogens with zero attached hydrogens (tertiary/aromatic N) is 4. The minimum atomic E-state index is 0.674. The molecule has 0 amide bonds. The highest BCUT2D eigenvalue weighted by molar-refractivity contribution is 5.78. The zero-order valence-electron chi connectivity index (χ0n) is 14.6. The summed E-state index contributed by atoms with van der Waals surface area (Å²) < 4.78 is 7.46. The number of imidazole rings is 1. The summed E-state index contributed by atoms with van der Waals surface area (Å²) in [4.78, 5) is 4.79. The van der Waals surface area contributed by atoms with Crippen LogP contribution in [0.25, 0.3) is 16.9 Å². The summed E-state index contributed by atoms with van der Waals surface area (Å²) in [7, 11) is 1.66.